The first kappa shape index (κ1) is 28.2. The Hall–Kier alpha value is -3.82. The summed E-state index contributed by atoms with van der Waals surface area (Å²) in [5.41, 5.74) is 5.82. The van der Waals surface area contributed by atoms with Gasteiger partial charge in [-0.05, 0) is 50.3 Å². The summed E-state index contributed by atoms with van der Waals surface area (Å²) in [6.45, 7) is 9.25. The molecule has 0 spiro atoms. The minimum Gasteiger partial charge on any atom is -0.472 e. The van der Waals surface area contributed by atoms with Crippen LogP contribution in [0, 0.1) is 6.92 Å². The van der Waals surface area contributed by atoms with Crippen LogP contribution in [-0.2, 0) is 22.3 Å². The lowest BCUT2D eigenvalue weighted by Crippen LogP contribution is -2.26. The van der Waals surface area contributed by atoms with Gasteiger partial charge in [-0.2, -0.15) is 4.98 Å². The second-order valence-corrected chi connectivity index (χ2v) is 9.12. The van der Waals surface area contributed by atoms with Crippen LogP contribution in [0.5, 0.6) is 5.88 Å². The van der Waals surface area contributed by atoms with Gasteiger partial charge in [-0.3, -0.25) is 9.51 Å². The highest BCUT2D eigenvalue weighted by Gasteiger charge is 2.18. The summed E-state index contributed by atoms with van der Waals surface area (Å²) in [6, 6.07) is 16.1. The lowest BCUT2D eigenvalue weighted by atomic mass is 9.96. The van der Waals surface area contributed by atoms with E-state index in [9.17, 15) is 4.79 Å². The van der Waals surface area contributed by atoms with Crippen LogP contribution in [0.15, 0.2) is 57.8 Å². The topological polar surface area (TPSA) is 112 Å². The third-order valence-electron chi connectivity index (χ3n) is 6.26. The first-order valence-electron chi connectivity index (χ1n) is 13.5. The number of aryl methyl sites for hydroxylation is 2. The smallest absolute Gasteiger partial charge is 0.439 e. The molecule has 4 rings (SSSR count). The summed E-state index contributed by atoms with van der Waals surface area (Å²) in [5, 5.41) is 3.86. The van der Waals surface area contributed by atoms with Gasteiger partial charge in [0.05, 0.1) is 5.69 Å². The predicted molar refractivity (Wildman–Crippen MR) is 149 cm³/mol. The normalized spacial score (nSPS) is 11.3. The number of nitrogens with one attached hydrogen (secondary N) is 1. The second-order valence-electron chi connectivity index (χ2n) is 9.12. The minimum atomic E-state index is -0.582. The van der Waals surface area contributed by atoms with Gasteiger partial charge in [0.1, 0.15) is 12.4 Å². The third kappa shape index (κ3) is 7.40. The first-order chi connectivity index (χ1) is 19.0. The van der Waals surface area contributed by atoms with Crippen molar-refractivity contribution in [3.05, 3.63) is 81.7 Å². The van der Waals surface area contributed by atoms with Crippen LogP contribution in [0.3, 0.4) is 0 Å². The van der Waals surface area contributed by atoms with E-state index in [1.807, 2.05) is 45.0 Å². The minimum absolute atomic E-state index is 0.248. The molecule has 0 aliphatic heterocycles. The molecule has 2 aromatic carbocycles. The number of aromatic amines is 1. The first-order valence-corrected chi connectivity index (χ1v) is 13.5. The highest BCUT2D eigenvalue weighted by Crippen LogP contribution is 2.31. The van der Waals surface area contributed by atoms with E-state index in [1.54, 1.807) is 0 Å². The summed E-state index contributed by atoms with van der Waals surface area (Å²) in [4.78, 5) is 23.6. The number of ether oxygens (including phenoxy) is 3. The average molecular weight is 533 g/mol. The Morgan fingerprint density at radius 2 is 1.67 bits per heavy atom. The standard InChI is InChI=1S/C30H36N4O5/c1-5-8-13-26-25(29(32-20(4)31-26)38-19-27(36-6-2)37-7-3)18-21-14-16-22(17-15-21)23-11-9-10-12-24(23)28-33-30(35)39-34-28/h9-12,14-17,27H,5-8,13,18-19H2,1-4H3,(H,33,34,35). The summed E-state index contributed by atoms with van der Waals surface area (Å²) < 4.78 is 22.2. The van der Waals surface area contributed by atoms with Crippen LogP contribution in [-0.4, -0.2) is 46.2 Å². The summed E-state index contributed by atoms with van der Waals surface area (Å²) in [6.07, 6.45) is 3.12. The maximum Gasteiger partial charge on any atom is 0.439 e. The number of benzene rings is 2. The monoisotopic (exact) mass is 532 g/mol. The molecule has 9 heteroatoms. The predicted octanol–water partition coefficient (Wildman–Crippen LogP) is 5.51. The fourth-order valence-electron chi connectivity index (χ4n) is 4.43. The zero-order valence-electron chi connectivity index (χ0n) is 23.0. The Balaban J connectivity index is 1.62. The van der Waals surface area contributed by atoms with E-state index < -0.39 is 12.0 Å². The Morgan fingerprint density at radius 1 is 0.949 bits per heavy atom. The van der Waals surface area contributed by atoms with Gasteiger partial charge in [0.15, 0.2) is 12.1 Å². The summed E-state index contributed by atoms with van der Waals surface area (Å²) in [5.74, 6) is 1.07. The fourth-order valence-corrected chi connectivity index (χ4v) is 4.43. The quantitative estimate of drug-likeness (QED) is 0.212. The molecular formula is C30H36N4O5. The molecule has 0 bridgehead atoms. The van der Waals surface area contributed by atoms with E-state index in [2.05, 4.69) is 46.3 Å². The van der Waals surface area contributed by atoms with Crippen molar-refractivity contribution in [2.24, 2.45) is 0 Å². The van der Waals surface area contributed by atoms with Crippen LogP contribution in [0.4, 0.5) is 0 Å². The lowest BCUT2D eigenvalue weighted by Gasteiger charge is -2.20. The zero-order chi connectivity index (χ0) is 27.6. The Labute approximate surface area is 228 Å². The van der Waals surface area contributed by atoms with Gasteiger partial charge in [-0.1, -0.05) is 67.0 Å². The van der Waals surface area contributed by atoms with Crippen molar-refractivity contribution in [3.63, 3.8) is 0 Å². The van der Waals surface area contributed by atoms with Gasteiger partial charge in [-0.15, -0.1) is 0 Å². The van der Waals surface area contributed by atoms with E-state index in [1.165, 1.54) is 0 Å². The molecule has 2 aromatic heterocycles. The molecule has 0 aliphatic rings. The number of hydrogen-bond acceptors (Lipinski definition) is 8. The number of nitrogens with zero attached hydrogens (tertiary/aromatic N) is 3. The van der Waals surface area contributed by atoms with Crippen molar-refractivity contribution in [1.29, 1.82) is 0 Å². The molecular weight excluding hydrogens is 496 g/mol. The molecule has 0 amide bonds. The van der Waals surface area contributed by atoms with E-state index in [4.69, 9.17) is 23.7 Å². The van der Waals surface area contributed by atoms with Gasteiger partial charge in [0.2, 0.25) is 5.88 Å². The van der Waals surface area contributed by atoms with Crippen molar-refractivity contribution in [2.45, 2.75) is 59.7 Å². The molecule has 2 heterocycles. The summed E-state index contributed by atoms with van der Waals surface area (Å²) >= 11 is 0. The van der Waals surface area contributed by atoms with Gasteiger partial charge in [0, 0.05) is 30.8 Å². The van der Waals surface area contributed by atoms with Crippen molar-refractivity contribution in [1.82, 2.24) is 20.1 Å². The van der Waals surface area contributed by atoms with Gasteiger partial charge in [0.25, 0.3) is 0 Å². The Kier molecular flexibility index (Phi) is 9.99. The molecule has 0 fully saturated rings. The van der Waals surface area contributed by atoms with Gasteiger partial charge in [-0.25, -0.2) is 9.78 Å². The summed E-state index contributed by atoms with van der Waals surface area (Å²) in [7, 11) is 0. The van der Waals surface area contributed by atoms with Crippen molar-refractivity contribution >= 4 is 0 Å². The molecule has 0 saturated heterocycles. The van der Waals surface area contributed by atoms with E-state index in [0.717, 1.165) is 52.8 Å². The highest BCUT2D eigenvalue weighted by molar-refractivity contribution is 5.80. The van der Waals surface area contributed by atoms with Crippen molar-refractivity contribution < 1.29 is 18.7 Å². The number of hydrogen-bond donors (Lipinski definition) is 1. The molecule has 39 heavy (non-hydrogen) atoms. The highest BCUT2D eigenvalue weighted by atomic mass is 16.7. The zero-order valence-corrected chi connectivity index (χ0v) is 23.0. The SMILES string of the molecule is CCCCc1nc(C)nc(OCC(OCC)OCC)c1Cc1ccc(-c2ccccc2-c2noc(=O)[nH]2)cc1. The average Bonchev–Trinajstić information content (AvgIpc) is 3.38. The van der Waals surface area contributed by atoms with Crippen LogP contribution in [0.2, 0.25) is 0 Å². The molecule has 1 N–H and O–H groups in total. The third-order valence-corrected chi connectivity index (χ3v) is 6.26. The molecule has 0 saturated carbocycles. The van der Waals surface area contributed by atoms with Crippen molar-refractivity contribution in [3.8, 4) is 28.4 Å². The van der Waals surface area contributed by atoms with Gasteiger partial charge >= 0.3 is 5.76 Å². The maximum atomic E-state index is 11.5. The molecule has 9 nitrogen and oxygen atoms in total. The lowest BCUT2D eigenvalue weighted by molar-refractivity contribution is -0.152. The second kappa shape index (κ2) is 13.8. The molecule has 206 valence electrons. The molecule has 4 aromatic rings. The number of H-pyrrole nitrogens is 1. The Morgan fingerprint density at radius 3 is 2.31 bits per heavy atom. The largest absolute Gasteiger partial charge is 0.472 e. The molecule has 0 aliphatic carbocycles. The fraction of sp³-hybridized carbons (Fsp3) is 0.400. The van der Waals surface area contributed by atoms with E-state index in [0.29, 0.717) is 37.2 Å². The van der Waals surface area contributed by atoms with Gasteiger partial charge < -0.3 is 14.2 Å². The molecule has 0 unspecified atom stereocenters. The van der Waals surface area contributed by atoms with Crippen molar-refractivity contribution in [2.75, 3.05) is 19.8 Å². The van der Waals surface area contributed by atoms with E-state index in [-0.39, 0.29) is 6.61 Å². The van der Waals surface area contributed by atoms with E-state index >= 15 is 0 Å². The number of unbranched alkanes of at least 4 members (excludes halogenated alkanes) is 1. The maximum absolute atomic E-state index is 11.5. The number of aromatic nitrogens is 4. The Bertz CT molecular complexity index is 1390. The molecule has 0 radical (unpaired) electrons. The van der Waals surface area contributed by atoms with Crippen LogP contribution >= 0.6 is 0 Å². The number of rotatable bonds is 14. The molecule has 0 atom stereocenters. The van der Waals surface area contributed by atoms with Crippen LogP contribution < -0.4 is 10.5 Å². The van der Waals surface area contributed by atoms with Crippen LogP contribution in [0.25, 0.3) is 22.5 Å². The van der Waals surface area contributed by atoms with Crippen LogP contribution in [0.1, 0.15) is 56.3 Å².